The van der Waals surface area contributed by atoms with Crippen molar-refractivity contribution in [2.75, 3.05) is 0 Å². The SMILES string of the molecule is Cc1c(C(=O)N[C@@H](C)c2cnn(C)c2C)cnn1C. The lowest BCUT2D eigenvalue weighted by molar-refractivity contribution is 0.0939. The minimum absolute atomic E-state index is 0.0826. The Labute approximate surface area is 112 Å². The highest BCUT2D eigenvalue weighted by Gasteiger charge is 2.18. The maximum absolute atomic E-state index is 12.2. The van der Waals surface area contributed by atoms with Crippen LogP contribution in [-0.4, -0.2) is 25.5 Å². The Bertz CT molecular complexity index is 611. The van der Waals surface area contributed by atoms with Crippen molar-refractivity contribution < 1.29 is 4.79 Å². The van der Waals surface area contributed by atoms with Crippen molar-refractivity contribution in [3.63, 3.8) is 0 Å². The molecule has 0 bridgehead atoms. The molecule has 0 saturated heterocycles. The summed E-state index contributed by atoms with van der Waals surface area (Å²) in [6, 6.07) is -0.0826. The molecule has 1 atom stereocenters. The number of hydrogen-bond donors (Lipinski definition) is 1. The summed E-state index contributed by atoms with van der Waals surface area (Å²) in [5, 5.41) is 11.2. The summed E-state index contributed by atoms with van der Waals surface area (Å²) in [4.78, 5) is 12.2. The summed E-state index contributed by atoms with van der Waals surface area (Å²) in [6.45, 7) is 5.82. The number of aryl methyl sites for hydroxylation is 2. The van der Waals surface area contributed by atoms with Crippen LogP contribution < -0.4 is 5.32 Å². The second-order valence-electron chi connectivity index (χ2n) is 4.77. The van der Waals surface area contributed by atoms with Gasteiger partial charge < -0.3 is 5.32 Å². The molecule has 19 heavy (non-hydrogen) atoms. The first kappa shape index (κ1) is 13.3. The normalized spacial score (nSPS) is 12.5. The van der Waals surface area contributed by atoms with Crippen molar-refractivity contribution in [2.24, 2.45) is 14.1 Å². The smallest absolute Gasteiger partial charge is 0.255 e. The number of hydrogen-bond acceptors (Lipinski definition) is 3. The van der Waals surface area contributed by atoms with E-state index < -0.39 is 0 Å². The topological polar surface area (TPSA) is 64.7 Å². The lowest BCUT2D eigenvalue weighted by atomic mass is 10.1. The van der Waals surface area contributed by atoms with Crippen LogP contribution in [0.1, 0.15) is 40.3 Å². The third-order valence-electron chi connectivity index (χ3n) is 3.57. The van der Waals surface area contributed by atoms with Crippen molar-refractivity contribution in [3.05, 3.63) is 34.9 Å². The molecule has 0 spiro atoms. The molecular formula is C13H19N5O. The van der Waals surface area contributed by atoms with Crippen LogP contribution in [0.3, 0.4) is 0 Å². The average molecular weight is 261 g/mol. The molecule has 1 N–H and O–H groups in total. The fourth-order valence-corrected chi connectivity index (χ4v) is 2.01. The van der Waals surface area contributed by atoms with Gasteiger partial charge in [0.15, 0.2) is 0 Å². The van der Waals surface area contributed by atoms with E-state index in [-0.39, 0.29) is 11.9 Å². The zero-order chi connectivity index (χ0) is 14.2. The van der Waals surface area contributed by atoms with Gasteiger partial charge in [-0.05, 0) is 20.8 Å². The molecule has 0 saturated carbocycles. The van der Waals surface area contributed by atoms with Crippen molar-refractivity contribution in [1.82, 2.24) is 24.9 Å². The van der Waals surface area contributed by atoms with E-state index in [0.717, 1.165) is 17.0 Å². The molecule has 2 aromatic rings. The molecule has 0 aliphatic rings. The van der Waals surface area contributed by atoms with Crippen LogP contribution in [0.5, 0.6) is 0 Å². The van der Waals surface area contributed by atoms with Gasteiger partial charge in [0.2, 0.25) is 0 Å². The Kier molecular flexibility index (Phi) is 3.42. The third kappa shape index (κ3) is 2.38. The van der Waals surface area contributed by atoms with E-state index in [2.05, 4.69) is 15.5 Å². The first-order chi connectivity index (χ1) is 8.91. The van der Waals surface area contributed by atoms with Crippen LogP contribution in [0.15, 0.2) is 12.4 Å². The zero-order valence-electron chi connectivity index (χ0n) is 11.9. The van der Waals surface area contributed by atoms with Gasteiger partial charge in [-0.25, -0.2) is 0 Å². The molecule has 0 fully saturated rings. The Morgan fingerprint density at radius 2 is 1.74 bits per heavy atom. The van der Waals surface area contributed by atoms with Gasteiger partial charge in [0.05, 0.1) is 24.0 Å². The summed E-state index contributed by atoms with van der Waals surface area (Å²) >= 11 is 0. The maximum Gasteiger partial charge on any atom is 0.255 e. The minimum atomic E-state index is -0.110. The maximum atomic E-state index is 12.2. The van der Waals surface area contributed by atoms with E-state index in [9.17, 15) is 4.79 Å². The van der Waals surface area contributed by atoms with E-state index in [1.807, 2.05) is 34.9 Å². The number of nitrogens with zero attached hydrogens (tertiary/aromatic N) is 4. The Morgan fingerprint density at radius 1 is 1.16 bits per heavy atom. The predicted octanol–water partition coefficient (Wildman–Crippen LogP) is 1.26. The third-order valence-corrected chi connectivity index (χ3v) is 3.57. The first-order valence-electron chi connectivity index (χ1n) is 6.19. The largest absolute Gasteiger partial charge is 0.345 e. The van der Waals surface area contributed by atoms with Crippen LogP contribution in [-0.2, 0) is 14.1 Å². The van der Waals surface area contributed by atoms with Crippen LogP contribution in [0.2, 0.25) is 0 Å². The second-order valence-corrected chi connectivity index (χ2v) is 4.77. The highest BCUT2D eigenvalue weighted by molar-refractivity contribution is 5.95. The Balaban J connectivity index is 2.15. The summed E-state index contributed by atoms with van der Waals surface area (Å²) in [6.07, 6.45) is 3.38. The molecule has 0 aliphatic carbocycles. The fourth-order valence-electron chi connectivity index (χ4n) is 2.01. The van der Waals surface area contributed by atoms with Gasteiger partial charge in [0, 0.05) is 31.0 Å². The van der Waals surface area contributed by atoms with Crippen LogP contribution in [0, 0.1) is 13.8 Å². The highest BCUT2D eigenvalue weighted by atomic mass is 16.1. The second kappa shape index (κ2) is 4.87. The number of rotatable bonds is 3. The molecule has 0 unspecified atom stereocenters. The van der Waals surface area contributed by atoms with Gasteiger partial charge in [-0.1, -0.05) is 0 Å². The van der Waals surface area contributed by atoms with Crippen LogP contribution in [0.4, 0.5) is 0 Å². The zero-order valence-corrected chi connectivity index (χ0v) is 11.9. The molecule has 0 aliphatic heterocycles. The van der Waals surface area contributed by atoms with Crippen molar-refractivity contribution >= 4 is 5.91 Å². The van der Waals surface area contributed by atoms with Gasteiger partial charge in [-0.3, -0.25) is 14.2 Å². The molecule has 1 amide bonds. The monoisotopic (exact) mass is 261 g/mol. The molecular weight excluding hydrogens is 242 g/mol. The molecule has 0 radical (unpaired) electrons. The highest BCUT2D eigenvalue weighted by Crippen LogP contribution is 2.17. The first-order valence-corrected chi connectivity index (χ1v) is 6.19. The molecule has 2 heterocycles. The Hall–Kier alpha value is -2.11. The summed E-state index contributed by atoms with van der Waals surface area (Å²) < 4.78 is 3.49. The van der Waals surface area contributed by atoms with E-state index in [1.54, 1.807) is 21.8 Å². The number of aromatic nitrogens is 4. The Morgan fingerprint density at radius 3 is 2.21 bits per heavy atom. The van der Waals surface area contributed by atoms with Crippen molar-refractivity contribution in [1.29, 1.82) is 0 Å². The van der Waals surface area contributed by atoms with E-state index in [4.69, 9.17) is 0 Å². The van der Waals surface area contributed by atoms with Gasteiger partial charge in [-0.2, -0.15) is 10.2 Å². The summed E-state index contributed by atoms with van der Waals surface area (Å²) in [7, 11) is 3.71. The van der Waals surface area contributed by atoms with Crippen LogP contribution >= 0.6 is 0 Å². The molecule has 2 rings (SSSR count). The fraction of sp³-hybridized carbons (Fsp3) is 0.462. The minimum Gasteiger partial charge on any atom is -0.345 e. The van der Waals surface area contributed by atoms with Gasteiger partial charge in [0.25, 0.3) is 5.91 Å². The number of nitrogens with one attached hydrogen (secondary N) is 1. The number of carbonyl (C=O) groups excluding carboxylic acids is 1. The molecule has 102 valence electrons. The van der Waals surface area contributed by atoms with Crippen molar-refractivity contribution in [3.8, 4) is 0 Å². The van der Waals surface area contributed by atoms with Crippen LogP contribution in [0.25, 0.3) is 0 Å². The predicted molar refractivity (Wildman–Crippen MR) is 71.8 cm³/mol. The molecule has 0 aromatic carbocycles. The standard InChI is InChI=1S/C13H19N5O/c1-8(11-6-14-17(4)9(11)2)16-13(19)12-7-15-18(5)10(12)3/h6-8H,1-5H3,(H,16,19)/t8-/m0/s1. The van der Waals surface area contributed by atoms with Gasteiger partial charge in [0.1, 0.15) is 0 Å². The number of amides is 1. The molecule has 2 aromatic heterocycles. The van der Waals surface area contributed by atoms with E-state index in [1.165, 1.54) is 0 Å². The van der Waals surface area contributed by atoms with Gasteiger partial charge in [-0.15, -0.1) is 0 Å². The lowest BCUT2D eigenvalue weighted by Crippen LogP contribution is -2.27. The summed E-state index contributed by atoms with van der Waals surface area (Å²) in [5.41, 5.74) is 3.54. The number of carbonyl (C=O) groups is 1. The quantitative estimate of drug-likeness (QED) is 0.904. The van der Waals surface area contributed by atoms with Crippen molar-refractivity contribution in [2.45, 2.75) is 26.8 Å². The average Bonchev–Trinajstić information content (AvgIpc) is 2.85. The lowest BCUT2D eigenvalue weighted by Gasteiger charge is -2.13. The van der Waals surface area contributed by atoms with Gasteiger partial charge >= 0.3 is 0 Å². The van der Waals surface area contributed by atoms with E-state index in [0.29, 0.717) is 5.56 Å². The van der Waals surface area contributed by atoms with E-state index >= 15 is 0 Å². The molecule has 6 heteroatoms. The molecule has 6 nitrogen and oxygen atoms in total. The summed E-state index contributed by atoms with van der Waals surface area (Å²) in [5.74, 6) is -0.110.